The Hall–Kier alpha value is -0.0800. The van der Waals surface area contributed by atoms with E-state index in [1.54, 1.807) is 7.11 Å². The van der Waals surface area contributed by atoms with Crippen LogP contribution in [-0.2, 0) is 4.74 Å². The lowest BCUT2D eigenvalue weighted by Crippen LogP contribution is -2.33. The molecule has 0 saturated heterocycles. The van der Waals surface area contributed by atoms with Crippen molar-refractivity contribution in [1.82, 2.24) is 5.32 Å². The Kier molecular flexibility index (Phi) is 12.3. The Bertz CT molecular complexity index is 142. The van der Waals surface area contributed by atoms with E-state index in [1.807, 2.05) is 0 Å². The Morgan fingerprint density at radius 2 is 1.82 bits per heavy atom. The molecule has 2 nitrogen and oxygen atoms in total. The van der Waals surface area contributed by atoms with Crippen molar-refractivity contribution in [2.75, 3.05) is 20.3 Å². The zero-order valence-corrected chi connectivity index (χ0v) is 12.4. The van der Waals surface area contributed by atoms with Crippen LogP contribution < -0.4 is 5.32 Å². The van der Waals surface area contributed by atoms with Gasteiger partial charge in [0.2, 0.25) is 0 Å². The molecule has 0 aromatic rings. The summed E-state index contributed by atoms with van der Waals surface area (Å²) in [6, 6.07) is 0.650. The first-order chi connectivity index (χ1) is 8.28. The van der Waals surface area contributed by atoms with E-state index in [1.165, 1.54) is 38.5 Å². The van der Waals surface area contributed by atoms with Gasteiger partial charge in [-0.1, -0.05) is 46.5 Å². The van der Waals surface area contributed by atoms with Crippen LogP contribution in [0.5, 0.6) is 0 Å². The molecule has 0 rings (SSSR count). The molecule has 0 radical (unpaired) electrons. The summed E-state index contributed by atoms with van der Waals surface area (Å²) in [7, 11) is 1.80. The number of ether oxygens (including phenoxy) is 1. The molecule has 104 valence electrons. The number of hydrogen-bond donors (Lipinski definition) is 1. The van der Waals surface area contributed by atoms with Crippen molar-refractivity contribution in [2.24, 2.45) is 5.92 Å². The van der Waals surface area contributed by atoms with Crippen LogP contribution in [0, 0.1) is 5.92 Å². The quantitative estimate of drug-likeness (QED) is 0.559. The Morgan fingerprint density at radius 3 is 2.35 bits per heavy atom. The average Bonchev–Trinajstić information content (AvgIpc) is 2.36. The largest absolute Gasteiger partial charge is 0.385 e. The van der Waals surface area contributed by atoms with Gasteiger partial charge in [-0.2, -0.15) is 0 Å². The molecule has 2 unspecified atom stereocenters. The highest BCUT2D eigenvalue weighted by atomic mass is 16.5. The molecule has 1 N–H and O–H groups in total. The Morgan fingerprint density at radius 1 is 1.06 bits per heavy atom. The lowest BCUT2D eigenvalue weighted by Gasteiger charge is -2.23. The van der Waals surface area contributed by atoms with Gasteiger partial charge in [0.15, 0.2) is 0 Å². The molecule has 0 aliphatic rings. The highest BCUT2D eigenvalue weighted by Gasteiger charge is 2.14. The fourth-order valence-electron chi connectivity index (χ4n) is 2.30. The van der Waals surface area contributed by atoms with Gasteiger partial charge in [0, 0.05) is 19.8 Å². The van der Waals surface area contributed by atoms with E-state index in [4.69, 9.17) is 4.74 Å². The maximum Gasteiger partial charge on any atom is 0.0477 e. The van der Waals surface area contributed by atoms with Crippen LogP contribution in [0.3, 0.4) is 0 Å². The predicted octanol–water partition coefficient (Wildman–Crippen LogP) is 4.00. The van der Waals surface area contributed by atoms with Crippen LogP contribution in [0.15, 0.2) is 0 Å². The molecule has 0 aliphatic carbocycles. The summed E-state index contributed by atoms with van der Waals surface area (Å²) in [5.74, 6) is 0.890. The molecule has 17 heavy (non-hydrogen) atoms. The molecule has 0 bridgehead atoms. The SMILES string of the molecule is CCCCC(CC)CC(CCOC)NCCC. The van der Waals surface area contributed by atoms with Crippen molar-refractivity contribution < 1.29 is 4.74 Å². The van der Waals surface area contributed by atoms with Gasteiger partial charge in [-0.15, -0.1) is 0 Å². The maximum absolute atomic E-state index is 5.21. The van der Waals surface area contributed by atoms with Crippen LogP contribution in [0.25, 0.3) is 0 Å². The minimum atomic E-state index is 0.650. The lowest BCUT2D eigenvalue weighted by molar-refractivity contribution is 0.175. The second kappa shape index (κ2) is 12.4. The van der Waals surface area contributed by atoms with E-state index in [0.29, 0.717) is 6.04 Å². The summed E-state index contributed by atoms with van der Waals surface area (Å²) in [6.45, 7) is 8.86. The normalized spacial score (nSPS) is 14.8. The predicted molar refractivity (Wildman–Crippen MR) is 76.5 cm³/mol. The summed E-state index contributed by atoms with van der Waals surface area (Å²) < 4.78 is 5.21. The molecular weight excluding hydrogens is 210 g/mol. The van der Waals surface area contributed by atoms with Gasteiger partial charge in [-0.05, 0) is 31.7 Å². The van der Waals surface area contributed by atoms with Crippen LogP contribution in [0.1, 0.15) is 65.7 Å². The molecule has 0 aromatic carbocycles. The lowest BCUT2D eigenvalue weighted by atomic mass is 9.91. The fraction of sp³-hybridized carbons (Fsp3) is 1.00. The van der Waals surface area contributed by atoms with E-state index < -0.39 is 0 Å². The van der Waals surface area contributed by atoms with Crippen molar-refractivity contribution in [3.05, 3.63) is 0 Å². The van der Waals surface area contributed by atoms with E-state index in [0.717, 1.165) is 25.5 Å². The molecule has 0 spiro atoms. The third kappa shape index (κ3) is 9.61. The second-order valence-corrected chi connectivity index (χ2v) is 5.08. The Labute approximate surface area is 109 Å². The molecule has 0 saturated carbocycles. The van der Waals surface area contributed by atoms with Crippen LogP contribution in [0.2, 0.25) is 0 Å². The van der Waals surface area contributed by atoms with Gasteiger partial charge in [-0.3, -0.25) is 0 Å². The third-order valence-electron chi connectivity index (χ3n) is 3.51. The number of rotatable bonds is 12. The molecule has 0 amide bonds. The first kappa shape index (κ1) is 16.9. The third-order valence-corrected chi connectivity index (χ3v) is 3.51. The minimum Gasteiger partial charge on any atom is -0.385 e. The molecular formula is C15H33NO. The average molecular weight is 243 g/mol. The summed E-state index contributed by atoms with van der Waals surface area (Å²) in [6.07, 6.45) is 9.10. The maximum atomic E-state index is 5.21. The number of nitrogens with one attached hydrogen (secondary N) is 1. The monoisotopic (exact) mass is 243 g/mol. The van der Waals surface area contributed by atoms with E-state index in [9.17, 15) is 0 Å². The summed E-state index contributed by atoms with van der Waals surface area (Å²) in [5, 5.41) is 3.67. The van der Waals surface area contributed by atoms with Gasteiger partial charge in [0.25, 0.3) is 0 Å². The van der Waals surface area contributed by atoms with Crippen LogP contribution >= 0.6 is 0 Å². The molecule has 2 heteroatoms. The van der Waals surface area contributed by atoms with E-state index in [-0.39, 0.29) is 0 Å². The van der Waals surface area contributed by atoms with Gasteiger partial charge in [-0.25, -0.2) is 0 Å². The fourth-order valence-corrected chi connectivity index (χ4v) is 2.30. The van der Waals surface area contributed by atoms with Gasteiger partial charge in [0.05, 0.1) is 0 Å². The number of unbranched alkanes of at least 4 members (excludes halogenated alkanes) is 1. The Balaban J connectivity index is 3.97. The van der Waals surface area contributed by atoms with Gasteiger partial charge < -0.3 is 10.1 Å². The van der Waals surface area contributed by atoms with Gasteiger partial charge in [0.1, 0.15) is 0 Å². The van der Waals surface area contributed by atoms with Crippen molar-refractivity contribution in [1.29, 1.82) is 0 Å². The molecule has 0 fully saturated rings. The molecule has 2 atom stereocenters. The molecule has 0 aromatic heterocycles. The summed E-state index contributed by atoms with van der Waals surface area (Å²) in [5.41, 5.74) is 0. The minimum absolute atomic E-state index is 0.650. The standard InChI is InChI=1S/C15H33NO/c1-5-8-9-14(7-3)13-15(10-12-17-4)16-11-6-2/h14-16H,5-13H2,1-4H3. The van der Waals surface area contributed by atoms with E-state index in [2.05, 4.69) is 26.1 Å². The van der Waals surface area contributed by atoms with Crippen LogP contribution in [-0.4, -0.2) is 26.3 Å². The van der Waals surface area contributed by atoms with Crippen molar-refractivity contribution in [3.8, 4) is 0 Å². The zero-order chi connectivity index (χ0) is 12.9. The number of hydrogen-bond acceptors (Lipinski definition) is 2. The topological polar surface area (TPSA) is 21.3 Å². The second-order valence-electron chi connectivity index (χ2n) is 5.08. The smallest absolute Gasteiger partial charge is 0.0477 e. The highest BCUT2D eigenvalue weighted by Crippen LogP contribution is 2.19. The van der Waals surface area contributed by atoms with Gasteiger partial charge >= 0.3 is 0 Å². The highest BCUT2D eigenvalue weighted by molar-refractivity contribution is 4.71. The van der Waals surface area contributed by atoms with Crippen molar-refractivity contribution in [2.45, 2.75) is 71.8 Å². The zero-order valence-electron chi connectivity index (χ0n) is 12.4. The summed E-state index contributed by atoms with van der Waals surface area (Å²) in [4.78, 5) is 0. The van der Waals surface area contributed by atoms with E-state index >= 15 is 0 Å². The summed E-state index contributed by atoms with van der Waals surface area (Å²) >= 11 is 0. The first-order valence-corrected chi connectivity index (χ1v) is 7.50. The molecule has 0 heterocycles. The van der Waals surface area contributed by atoms with Crippen molar-refractivity contribution in [3.63, 3.8) is 0 Å². The molecule has 0 aliphatic heterocycles. The van der Waals surface area contributed by atoms with Crippen molar-refractivity contribution >= 4 is 0 Å². The number of methoxy groups -OCH3 is 1. The first-order valence-electron chi connectivity index (χ1n) is 7.50. The van der Waals surface area contributed by atoms with Crippen LogP contribution in [0.4, 0.5) is 0 Å².